The van der Waals surface area contributed by atoms with Crippen molar-refractivity contribution in [3.8, 4) is 11.4 Å². The topological polar surface area (TPSA) is 64.9 Å². The summed E-state index contributed by atoms with van der Waals surface area (Å²) in [6, 6.07) is 7.63. The zero-order valence-corrected chi connectivity index (χ0v) is 12.1. The van der Waals surface area contributed by atoms with Gasteiger partial charge in [0.05, 0.1) is 0 Å². The predicted octanol–water partition coefficient (Wildman–Crippen LogP) is 4.00. The van der Waals surface area contributed by atoms with Crippen LogP contribution in [-0.4, -0.2) is 10.1 Å². The molecule has 3 rings (SSSR count). The van der Waals surface area contributed by atoms with Crippen molar-refractivity contribution in [1.29, 1.82) is 0 Å². The van der Waals surface area contributed by atoms with Crippen LogP contribution in [0.4, 0.5) is 5.69 Å². The first-order chi connectivity index (χ1) is 9.58. The van der Waals surface area contributed by atoms with E-state index < -0.39 is 0 Å². The molecule has 2 N–H and O–H groups in total. The predicted molar refractivity (Wildman–Crippen MR) is 79.1 cm³/mol. The monoisotopic (exact) mass is 271 g/mol. The Morgan fingerprint density at radius 1 is 1.25 bits per heavy atom. The second-order valence-corrected chi connectivity index (χ2v) is 6.33. The van der Waals surface area contributed by atoms with Crippen LogP contribution in [0.5, 0.6) is 0 Å². The summed E-state index contributed by atoms with van der Waals surface area (Å²) in [7, 11) is 0. The van der Waals surface area contributed by atoms with Crippen LogP contribution < -0.4 is 5.73 Å². The average Bonchev–Trinajstić information content (AvgIpc) is 2.88. The van der Waals surface area contributed by atoms with Gasteiger partial charge in [0.1, 0.15) is 0 Å². The second-order valence-electron chi connectivity index (χ2n) is 6.33. The Balaban J connectivity index is 1.92. The van der Waals surface area contributed by atoms with E-state index in [-0.39, 0.29) is 5.41 Å². The molecule has 1 aromatic heterocycles. The number of benzene rings is 1. The summed E-state index contributed by atoms with van der Waals surface area (Å²) in [5, 5.41) is 4.12. The van der Waals surface area contributed by atoms with Gasteiger partial charge in [0.25, 0.3) is 0 Å². The van der Waals surface area contributed by atoms with Gasteiger partial charge in [-0.1, -0.05) is 44.0 Å². The Kier molecular flexibility index (Phi) is 3.24. The first-order valence-electron chi connectivity index (χ1n) is 7.26. The van der Waals surface area contributed by atoms with E-state index in [0.717, 1.165) is 17.9 Å². The van der Waals surface area contributed by atoms with E-state index in [1.165, 1.54) is 19.3 Å². The fraction of sp³-hybridized carbons (Fsp3) is 0.500. The molecule has 1 unspecified atom stereocenters. The maximum absolute atomic E-state index is 5.97. The van der Waals surface area contributed by atoms with Gasteiger partial charge in [-0.25, -0.2) is 0 Å². The van der Waals surface area contributed by atoms with E-state index in [1.807, 2.05) is 24.3 Å². The highest BCUT2D eigenvalue weighted by Crippen LogP contribution is 2.46. The summed E-state index contributed by atoms with van der Waals surface area (Å²) in [6.07, 6.45) is 4.86. The lowest BCUT2D eigenvalue weighted by atomic mass is 9.69. The van der Waals surface area contributed by atoms with Gasteiger partial charge in [-0.3, -0.25) is 0 Å². The van der Waals surface area contributed by atoms with Crippen LogP contribution in [0.2, 0.25) is 0 Å². The SMILES string of the molecule is CC1(C)CCCCC1c1nc(-c2ccccc2N)no1. The van der Waals surface area contributed by atoms with Crippen molar-refractivity contribution in [2.24, 2.45) is 5.41 Å². The van der Waals surface area contributed by atoms with Crippen LogP contribution in [0.3, 0.4) is 0 Å². The van der Waals surface area contributed by atoms with Crippen LogP contribution >= 0.6 is 0 Å². The van der Waals surface area contributed by atoms with Crippen molar-refractivity contribution in [3.05, 3.63) is 30.2 Å². The lowest BCUT2D eigenvalue weighted by molar-refractivity contribution is 0.164. The zero-order chi connectivity index (χ0) is 14.2. The standard InChI is InChI=1S/C16H21N3O/c1-16(2)10-6-5-8-12(16)15-18-14(19-20-15)11-7-3-4-9-13(11)17/h3-4,7,9,12H,5-6,8,10,17H2,1-2H3. The maximum Gasteiger partial charge on any atom is 0.230 e. The molecule has 1 aromatic carbocycles. The molecular weight excluding hydrogens is 250 g/mol. The van der Waals surface area contributed by atoms with Crippen LogP contribution in [0.25, 0.3) is 11.4 Å². The van der Waals surface area contributed by atoms with Crippen molar-refractivity contribution < 1.29 is 4.52 Å². The summed E-state index contributed by atoms with van der Waals surface area (Å²) in [5.41, 5.74) is 7.73. The molecule has 0 aliphatic heterocycles. The lowest BCUT2D eigenvalue weighted by Crippen LogP contribution is -2.26. The lowest BCUT2D eigenvalue weighted by Gasteiger charge is -2.36. The third kappa shape index (κ3) is 2.30. The zero-order valence-electron chi connectivity index (χ0n) is 12.1. The number of hydrogen-bond donors (Lipinski definition) is 1. The highest BCUT2D eigenvalue weighted by atomic mass is 16.5. The van der Waals surface area contributed by atoms with E-state index in [0.29, 0.717) is 17.4 Å². The van der Waals surface area contributed by atoms with Gasteiger partial charge < -0.3 is 10.3 Å². The quantitative estimate of drug-likeness (QED) is 0.838. The number of nitrogens with zero attached hydrogens (tertiary/aromatic N) is 2. The minimum absolute atomic E-state index is 0.226. The largest absolute Gasteiger partial charge is 0.398 e. The molecule has 0 saturated heterocycles. The van der Waals surface area contributed by atoms with Crippen LogP contribution in [0.1, 0.15) is 51.3 Å². The molecule has 4 heteroatoms. The Hall–Kier alpha value is -1.84. The molecule has 2 aromatic rings. The number of aromatic nitrogens is 2. The van der Waals surface area contributed by atoms with Crippen molar-refractivity contribution in [2.75, 3.05) is 5.73 Å². The number of anilines is 1. The molecule has 0 amide bonds. The smallest absolute Gasteiger partial charge is 0.230 e. The highest BCUT2D eigenvalue weighted by molar-refractivity contribution is 5.70. The highest BCUT2D eigenvalue weighted by Gasteiger charge is 2.37. The first kappa shape index (κ1) is 13.2. The first-order valence-corrected chi connectivity index (χ1v) is 7.26. The number of para-hydroxylation sites is 1. The molecule has 4 nitrogen and oxygen atoms in total. The normalized spacial score (nSPS) is 21.8. The van der Waals surface area contributed by atoms with Crippen molar-refractivity contribution in [3.63, 3.8) is 0 Å². The number of hydrogen-bond acceptors (Lipinski definition) is 4. The van der Waals surface area contributed by atoms with Crippen molar-refractivity contribution >= 4 is 5.69 Å². The molecule has 1 fully saturated rings. The fourth-order valence-electron chi connectivity index (χ4n) is 3.14. The Morgan fingerprint density at radius 3 is 2.80 bits per heavy atom. The average molecular weight is 271 g/mol. The van der Waals surface area contributed by atoms with Crippen molar-refractivity contribution in [1.82, 2.24) is 10.1 Å². The van der Waals surface area contributed by atoms with E-state index in [2.05, 4.69) is 24.0 Å². The van der Waals surface area contributed by atoms with E-state index in [9.17, 15) is 0 Å². The Labute approximate surface area is 119 Å². The van der Waals surface area contributed by atoms with Crippen LogP contribution in [0, 0.1) is 5.41 Å². The molecule has 1 heterocycles. The molecule has 20 heavy (non-hydrogen) atoms. The van der Waals surface area contributed by atoms with Gasteiger partial charge >= 0.3 is 0 Å². The summed E-state index contributed by atoms with van der Waals surface area (Å²) < 4.78 is 5.53. The van der Waals surface area contributed by atoms with Gasteiger partial charge in [-0.2, -0.15) is 4.98 Å². The second kappa shape index (κ2) is 4.93. The number of nitrogen functional groups attached to an aromatic ring is 1. The summed E-state index contributed by atoms with van der Waals surface area (Å²) in [4.78, 5) is 4.60. The molecule has 0 radical (unpaired) electrons. The van der Waals surface area contributed by atoms with Gasteiger partial charge in [0.2, 0.25) is 11.7 Å². The molecular formula is C16H21N3O. The minimum Gasteiger partial charge on any atom is -0.398 e. The van der Waals surface area contributed by atoms with Crippen LogP contribution in [0.15, 0.2) is 28.8 Å². The molecule has 0 bridgehead atoms. The molecule has 106 valence electrons. The van der Waals surface area contributed by atoms with E-state index >= 15 is 0 Å². The fourth-order valence-corrected chi connectivity index (χ4v) is 3.14. The van der Waals surface area contributed by atoms with Gasteiger partial charge in [-0.05, 0) is 30.4 Å². The van der Waals surface area contributed by atoms with Gasteiger partial charge in [0.15, 0.2) is 0 Å². The summed E-state index contributed by atoms with van der Waals surface area (Å²) >= 11 is 0. The summed E-state index contributed by atoms with van der Waals surface area (Å²) in [5.74, 6) is 1.70. The molecule has 1 aliphatic carbocycles. The molecule has 1 saturated carbocycles. The van der Waals surface area contributed by atoms with E-state index in [1.54, 1.807) is 0 Å². The minimum atomic E-state index is 0.226. The molecule has 1 aliphatic rings. The maximum atomic E-state index is 5.97. The Bertz CT molecular complexity index is 603. The van der Waals surface area contributed by atoms with Crippen LogP contribution in [-0.2, 0) is 0 Å². The number of rotatable bonds is 2. The molecule has 0 spiro atoms. The third-order valence-corrected chi connectivity index (χ3v) is 4.45. The number of nitrogens with two attached hydrogens (primary N) is 1. The van der Waals surface area contributed by atoms with Gasteiger partial charge in [-0.15, -0.1) is 0 Å². The Morgan fingerprint density at radius 2 is 2.05 bits per heavy atom. The van der Waals surface area contributed by atoms with Gasteiger partial charge in [0, 0.05) is 17.2 Å². The molecule has 1 atom stereocenters. The summed E-state index contributed by atoms with van der Waals surface area (Å²) in [6.45, 7) is 4.58. The van der Waals surface area contributed by atoms with Crippen molar-refractivity contribution in [2.45, 2.75) is 45.4 Å². The van der Waals surface area contributed by atoms with E-state index in [4.69, 9.17) is 10.3 Å². The third-order valence-electron chi connectivity index (χ3n) is 4.45.